The van der Waals surface area contributed by atoms with Crippen LogP contribution in [0.3, 0.4) is 0 Å². The summed E-state index contributed by atoms with van der Waals surface area (Å²) in [4.78, 5) is 25.7. The quantitative estimate of drug-likeness (QED) is 0.675. The van der Waals surface area contributed by atoms with E-state index in [0.29, 0.717) is 35.5 Å². The number of hydrogen-bond acceptors (Lipinski definition) is 8. The number of esters is 2. The van der Waals surface area contributed by atoms with Crippen molar-refractivity contribution >= 4 is 18.0 Å². The second kappa shape index (κ2) is 9.87. The van der Waals surface area contributed by atoms with Gasteiger partial charge >= 0.3 is 11.9 Å². The number of methoxy groups -OCH3 is 2. The zero-order chi connectivity index (χ0) is 25.1. The SMILES string of the molecule is COC(=O)c1ccc(/C=C2\CN(C)CC3=C2OC(N)=C(C#N)C3c2ccc(C(=O)OC)cc2)cc1. The third kappa shape index (κ3) is 4.67. The Morgan fingerprint density at radius 2 is 1.60 bits per heavy atom. The van der Waals surface area contributed by atoms with Crippen LogP contribution in [0.25, 0.3) is 6.08 Å². The van der Waals surface area contributed by atoms with E-state index in [-0.39, 0.29) is 5.88 Å². The number of nitriles is 1. The summed E-state index contributed by atoms with van der Waals surface area (Å²) in [7, 11) is 4.66. The third-order valence-corrected chi connectivity index (χ3v) is 6.04. The number of allylic oxidation sites excluding steroid dienone is 1. The van der Waals surface area contributed by atoms with Crippen molar-refractivity contribution in [2.24, 2.45) is 5.73 Å². The molecule has 2 aliphatic heterocycles. The molecule has 2 N–H and O–H groups in total. The minimum atomic E-state index is -0.431. The summed E-state index contributed by atoms with van der Waals surface area (Å²) < 4.78 is 15.6. The molecule has 2 aromatic carbocycles. The van der Waals surface area contributed by atoms with Gasteiger partial charge in [-0.3, -0.25) is 4.90 Å². The number of likely N-dealkylation sites (N-methyl/N-ethyl adjacent to an activating group) is 1. The van der Waals surface area contributed by atoms with E-state index in [1.54, 1.807) is 36.4 Å². The minimum Gasteiger partial charge on any atom is -0.465 e. The molecule has 0 fully saturated rings. The molecule has 0 radical (unpaired) electrons. The average molecular weight is 472 g/mol. The lowest BCUT2D eigenvalue weighted by Gasteiger charge is -2.36. The van der Waals surface area contributed by atoms with Gasteiger partial charge < -0.3 is 19.9 Å². The predicted octanol–water partition coefficient (Wildman–Crippen LogP) is 3.35. The molecule has 35 heavy (non-hydrogen) atoms. The van der Waals surface area contributed by atoms with Gasteiger partial charge in [-0.05, 0) is 54.1 Å². The fourth-order valence-electron chi connectivity index (χ4n) is 4.38. The molecule has 1 atom stereocenters. The first-order chi connectivity index (χ1) is 16.9. The number of benzene rings is 2. The number of rotatable bonds is 4. The van der Waals surface area contributed by atoms with Crippen LogP contribution in [0.2, 0.25) is 0 Å². The van der Waals surface area contributed by atoms with Gasteiger partial charge in [0.05, 0.1) is 31.3 Å². The van der Waals surface area contributed by atoms with E-state index >= 15 is 0 Å². The van der Waals surface area contributed by atoms with Crippen molar-refractivity contribution in [1.29, 1.82) is 5.26 Å². The van der Waals surface area contributed by atoms with Crippen LogP contribution < -0.4 is 5.73 Å². The molecule has 4 rings (SSSR count). The van der Waals surface area contributed by atoms with Crippen LogP contribution in [0.15, 0.2) is 76.9 Å². The van der Waals surface area contributed by atoms with E-state index in [2.05, 4.69) is 11.0 Å². The monoisotopic (exact) mass is 471 g/mol. The molecule has 178 valence electrons. The lowest BCUT2D eigenvalue weighted by Crippen LogP contribution is -2.36. The lowest BCUT2D eigenvalue weighted by atomic mass is 9.80. The van der Waals surface area contributed by atoms with E-state index in [1.165, 1.54) is 14.2 Å². The number of nitrogens with zero attached hydrogens (tertiary/aromatic N) is 2. The molecule has 0 aromatic heterocycles. The summed E-state index contributed by atoms with van der Waals surface area (Å²) in [6.07, 6.45) is 1.98. The molecule has 2 heterocycles. The molecule has 8 nitrogen and oxygen atoms in total. The first-order valence-electron chi connectivity index (χ1n) is 10.9. The highest BCUT2D eigenvalue weighted by atomic mass is 16.5. The molecule has 0 spiro atoms. The smallest absolute Gasteiger partial charge is 0.337 e. The number of carbonyl (C=O) groups is 2. The second-order valence-electron chi connectivity index (χ2n) is 8.35. The van der Waals surface area contributed by atoms with Gasteiger partial charge in [0.2, 0.25) is 5.88 Å². The van der Waals surface area contributed by atoms with E-state index < -0.39 is 17.9 Å². The molecule has 2 aromatic rings. The molecule has 0 bridgehead atoms. The van der Waals surface area contributed by atoms with Crippen molar-refractivity contribution in [1.82, 2.24) is 4.90 Å². The molecule has 1 unspecified atom stereocenters. The van der Waals surface area contributed by atoms with Crippen LogP contribution in [-0.4, -0.2) is 51.2 Å². The summed E-state index contributed by atoms with van der Waals surface area (Å²) in [5.74, 6) is -0.545. The third-order valence-electron chi connectivity index (χ3n) is 6.04. The first-order valence-corrected chi connectivity index (χ1v) is 10.9. The van der Waals surface area contributed by atoms with E-state index in [0.717, 1.165) is 22.3 Å². The van der Waals surface area contributed by atoms with Crippen LogP contribution in [0.5, 0.6) is 0 Å². The molecule has 0 aliphatic carbocycles. The lowest BCUT2D eigenvalue weighted by molar-refractivity contribution is 0.0592. The molecule has 2 aliphatic rings. The largest absolute Gasteiger partial charge is 0.465 e. The summed E-state index contributed by atoms with van der Waals surface area (Å²) >= 11 is 0. The Bertz CT molecular complexity index is 1300. The number of nitrogens with two attached hydrogens (primary N) is 1. The Kier molecular flexibility index (Phi) is 6.71. The normalized spacial score (nSPS) is 19.0. The van der Waals surface area contributed by atoms with Crippen LogP contribution >= 0.6 is 0 Å². The molecule has 0 saturated heterocycles. The van der Waals surface area contributed by atoms with Gasteiger partial charge in [0, 0.05) is 18.7 Å². The van der Waals surface area contributed by atoms with Crippen molar-refractivity contribution in [3.05, 3.63) is 99.1 Å². The predicted molar refractivity (Wildman–Crippen MR) is 129 cm³/mol. The average Bonchev–Trinajstić information content (AvgIpc) is 2.88. The van der Waals surface area contributed by atoms with Crippen molar-refractivity contribution in [3.8, 4) is 6.07 Å². The van der Waals surface area contributed by atoms with Gasteiger partial charge in [-0.25, -0.2) is 9.59 Å². The topological polar surface area (TPSA) is 115 Å². The zero-order valence-corrected chi connectivity index (χ0v) is 19.7. The van der Waals surface area contributed by atoms with Crippen molar-refractivity contribution in [3.63, 3.8) is 0 Å². The van der Waals surface area contributed by atoms with Crippen molar-refractivity contribution < 1.29 is 23.8 Å². The van der Waals surface area contributed by atoms with E-state index in [4.69, 9.17) is 19.9 Å². The maximum atomic E-state index is 11.9. The second-order valence-corrected chi connectivity index (χ2v) is 8.35. The molecular formula is C27H25N3O5. The van der Waals surface area contributed by atoms with Gasteiger partial charge in [-0.15, -0.1) is 0 Å². The van der Waals surface area contributed by atoms with E-state index in [1.807, 2.05) is 25.3 Å². The van der Waals surface area contributed by atoms with Crippen LogP contribution in [0.1, 0.15) is 37.8 Å². The molecule has 0 saturated carbocycles. The number of carbonyl (C=O) groups excluding carboxylic acids is 2. The Morgan fingerprint density at radius 1 is 1.03 bits per heavy atom. The fraction of sp³-hybridized carbons (Fsp3) is 0.222. The van der Waals surface area contributed by atoms with Gasteiger partial charge in [-0.1, -0.05) is 24.3 Å². The van der Waals surface area contributed by atoms with Gasteiger partial charge in [-0.2, -0.15) is 5.26 Å². The summed E-state index contributed by atoms with van der Waals surface area (Å²) in [5, 5.41) is 9.89. The molecular weight excluding hydrogens is 446 g/mol. The maximum absolute atomic E-state index is 11.9. The fourth-order valence-corrected chi connectivity index (χ4v) is 4.38. The molecule has 0 amide bonds. The van der Waals surface area contributed by atoms with Crippen molar-refractivity contribution in [2.45, 2.75) is 5.92 Å². The Morgan fingerprint density at radius 3 is 2.14 bits per heavy atom. The standard InChI is InChI=1S/C27H25N3O5/c1-30-14-20(12-16-4-6-18(7-5-16)26(31)33-2)24-22(15-30)23(21(13-28)25(29)35-24)17-8-10-19(11-9-17)27(32)34-3/h4-12,23H,14-15,29H2,1-3H3/b20-12+. The van der Waals surface area contributed by atoms with Crippen LogP contribution in [0, 0.1) is 11.3 Å². The van der Waals surface area contributed by atoms with Crippen molar-refractivity contribution in [2.75, 3.05) is 34.4 Å². The zero-order valence-electron chi connectivity index (χ0n) is 19.7. The van der Waals surface area contributed by atoms with Gasteiger partial charge in [0.15, 0.2) is 0 Å². The summed E-state index contributed by atoms with van der Waals surface area (Å²) in [5.41, 5.74) is 10.9. The highest BCUT2D eigenvalue weighted by Crippen LogP contribution is 2.43. The number of hydrogen-bond donors (Lipinski definition) is 1. The molecule has 8 heteroatoms. The van der Waals surface area contributed by atoms with Crippen LogP contribution in [-0.2, 0) is 14.2 Å². The first kappa shape index (κ1) is 23.8. The minimum absolute atomic E-state index is 0.0600. The highest BCUT2D eigenvalue weighted by Gasteiger charge is 2.37. The van der Waals surface area contributed by atoms with E-state index in [9.17, 15) is 14.9 Å². The van der Waals surface area contributed by atoms with Gasteiger partial charge in [0.25, 0.3) is 0 Å². The summed E-state index contributed by atoms with van der Waals surface area (Å²) in [6.45, 7) is 1.19. The number of ether oxygens (including phenoxy) is 3. The maximum Gasteiger partial charge on any atom is 0.337 e. The Labute approximate surface area is 203 Å². The van der Waals surface area contributed by atoms with Crippen LogP contribution in [0.4, 0.5) is 0 Å². The Balaban J connectivity index is 1.77. The van der Waals surface area contributed by atoms with Gasteiger partial charge in [0.1, 0.15) is 17.4 Å². The summed E-state index contributed by atoms with van der Waals surface area (Å²) in [6, 6.07) is 16.2. The highest BCUT2D eigenvalue weighted by molar-refractivity contribution is 5.90. The Hall–Kier alpha value is -4.35.